The van der Waals surface area contributed by atoms with Crippen molar-refractivity contribution < 1.29 is 0 Å². The lowest BCUT2D eigenvalue weighted by molar-refractivity contribution is 0.491. The summed E-state index contributed by atoms with van der Waals surface area (Å²) in [6.07, 6.45) is 2.07. The van der Waals surface area contributed by atoms with Crippen molar-refractivity contribution in [2.75, 3.05) is 0 Å². The van der Waals surface area contributed by atoms with Crippen molar-refractivity contribution >= 4 is 53.9 Å². The molecule has 0 fully saturated rings. The topological polar surface area (TPSA) is 0 Å². The molecule has 49 heavy (non-hydrogen) atoms. The molecule has 0 unspecified atom stereocenters. The van der Waals surface area contributed by atoms with Crippen LogP contribution in [0.25, 0.3) is 87.2 Å². The minimum atomic E-state index is -0.112. The molecule has 0 nitrogen and oxygen atoms in total. The fourth-order valence-corrected chi connectivity index (χ4v) is 9.38. The maximum atomic E-state index is 2.59. The summed E-state index contributed by atoms with van der Waals surface area (Å²) in [5.74, 6) is 0. The van der Waals surface area contributed by atoms with Crippen molar-refractivity contribution in [1.82, 2.24) is 0 Å². The molecule has 10 rings (SSSR count). The van der Waals surface area contributed by atoms with Crippen LogP contribution in [0.1, 0.15) is 37.8 Å². The van der Waals surface area contributed by atoms with Gasteiger partial charge < -0.3 is 0 Å². The van der Waals surface area contributed by atoms with Gasteiger partial charge in [0.1, 0.15) is 0 Å². The Bertz CT molecular complexity index is 2790. The summed E-state index contributed by atoms with van der Waals surface area (Å²) >= 11 is 0. The predicted molar refractivity (Wildman–Crippen MR) is 212 cm³/mol. The van der Waals surface area contributed by atoms with E-state index >= 15 is 0 Å². The maximum absolute atomic E-state index is 2.59. The highest BCUT2D eigenvalue weighted by atomic mass is 14.5. The van der Waals surface area contributed by atoms with Gasteiger partial charge in [0.25, 0.3) is 0 Å². The molecule has 0 heterocycles. The quantitative estimate of drug-likeness (QED) is 0.171. The maximum Gasteiger partial charge on any atom is 0.0210 e. The Morgan fingerprint density at radius 2 is 0.735 bits per heavy atom. The Balaban J connectivity index is 1.35. The lowest BCUT2D eigenvalue weighted by Crippen LogP contribution is -2.23. The standard InChI is InChI=1S/C49H36/c1-3-49(4-2)45-29-43(36-27-15-18-31-16-5-7-19-33(31)36)38-23-11-13-25-40(38)47(45)48-41-26-14-12-24-39(41)44(30-46(48)49)42-28-32-17-6-8-20-34(32)35-21-9-10-22-37(35)42/h5-30H,3-4H2,1-2H3. The Kier molecular flexibility index (Phi) is 6.15. The summed E-state index contributed by atoms with van der Waals surface area (Å²) in [5.41, 5.74) is 10.9. The monoisotopic (exact) mass is 624 g/mol. The normalized spacial score (nSPS) is 13.4. The van der Waals surface area contributed by atoms with Gasteiger partial charge in [-0.1, -0.05) is 153 Å². The van der Waals surface area contributed by atoms with Gasteiger partial charge in [-0.05, 0) is 129 Å². The second kappa shape index (κ2) is 10.6. The van der Waals surface area contributed by atoms with Gasteiger partial charge in [0.05, 0.1) is 0 Å². The summed E-state index contributed by atoms with van der Waals surface area (Å²) in [5, 5.41) is 13.1. The van der Waals surface area contributed by atoms with E-state index in [2.05, 4.69) is 172 Å². The van der Waals surface area contributed by atoms with Crippen LogP contribution >= 0.6 is 0 Å². The molecule has 0 saturated heterocycles. The highest BCUT2D eigenvalue weighted by molar-refractivity contribution is 6.21. The Hall–Kier alpha value is -5.72. The first kappa shape index (κ1) is 28.3. The number of hydrogen-bond acceptors (Lipinski definition) is 0. The fourth-order valence-electron chi connectivity index (χ4n) is 9.38. The molecule has 1 aliphatic carbocycles. The third-order valence-electron chi connectivity index (χ3n) is 11.7. The van der Waals surface area contributed by atoms with Crippen LogP contribution < -0.4 is 0 Å². The van der Waals surface area contributed by atoms with Gasteiger partial charge in [-0.2, -0.15) is 0 Å². The molecule has 9 aromatic carbocycles. The molecule has 0 spiro atoms. The third-order valence-corrected chi connectivity index (χ3v) is 11.7. The van der Waals surface area contributed by atoms with Crippen LogP contribution in [-0.4, -0.2) is 0 Å². The molecule has 0 aromatic heterocycles. The molecule has 0 saturated carbocycles. The van der Waals surface area contributed by atoms with E-state index in [4.69, 9.17) is 0 Å². The molecule has 0 heteroatoms. The van der Waals surface area contributed by atoms with Crippen LogP contribution in [0, 0.1) is 0 Å². The van der Waals surface area contributed by atoms with E-state index in [-0.39, 0.29) is 5.41 Å². The first-order valence-corrected chi connectivity index (χ1v) is 17.7. The smallest absolute Gasteiger partial charge is 0.0210 e. The van der Waals surface area contributed by atoms with Crippen molar-refractivity contribution in [2.45, 2.75) is 32.1 Å². The number of hydrogen-bond donors (Lipinski definition) is 0. The molecule has 0 N–H and O–H groups in total. The van der Waals surface area contributed by atoms with Gasteiger partial charge in [-0.15, -0.1) is 0 Å². The summed E-state index contributed by atoms with van der Waals surface area (Å²) in [6, 6.07) is 59.3. The molecular formula is C49H36. The number of fused-ring (bicyclic) bond motifs is 11. The van der Waals surface area contributed by atoms with E-state index in [1.807, 2.05) is 0 Å². The van der Waals surface area contributed by atoms with E-state index < -0.39 is 0 Å². The molecule has 0 aliphatic heterocycles. The van der Waals surface area contributed by atoms with Crippen LogP contribution in [0.3, 0.4) is 0 Å². The highest BCUT2D eigenvalue weighted by Gasteiger charge is 2.43. The van der Waals surface area contributed by atoms with Crippen LogP contribution in [-0.2, 0) is 5.41 Å². The predicted octanol–water partition coefficient (Wildman–Crippen LogP) is 13.9. The number of benzene rings is 9. The first-order valence-electron chi connectivity index (χ1n) is 17.7. The van der Waals surface area contributed by atoms with Crippen LogP contribution in [0.15, 0.2) is 158 Å². The summed E-state index contributed by atoms with van der Waals surface area (Å²) in [6.45, 7) is 4.80. The Labute approximate surface area is 287 Å². The molecule has 232 valence electrons. The van der Waals surface area contributed by atoms with E-state index in [0.29, 0.717) is 0 Å². The van der Waals surface area contributed by atoms with Crippen LogP contribution in [0.5, 0.6) is 0 Å². The second-order valence-electron chi connectivity index (χ2n) is 13.8. The van der Waals surface area contributed by atoms with Gasteiger partial charge >= 0.3 is 0 Å². The zero-order chi connectivity index (χ0) is 32.7. The highest BCUT2D eigenvalue weighted by Crippen LogP contribution is 2.59. The summed E-state index contributed by atoms with van der Waals surface area (Å²) in [7, 11) is 0. The van der Waals surface area contributed by atoms with Gasteiger partial charge in [0.15, 0.2) is 0 Å². The molecular weight excluding hydrogens is 589 g/mol. The van der Waals surface area contributed by atoms with Gasteiger partial charge in [-0.3, -0.25) is 0 Å². The third kappa shape index (κ3) is 3.86. The molecule has 0 amide bonds. The Morgan fingerprint density at radius 1 is 0.327 bits per heavy atom. The first-order chi connectivity index (χ1) is 24.2. The lowest BCUT2D eigenvalue weighted by Gasteiger charge is -2.31. The van der Waals surface area contributed by atoms with Crippen molar-refractivity contribution in [3.63, 3.8) is 0 Å². The minimum Gasteiger partial charge on any atom is -0.0642 e. The van der Waals surface area contributed by atoms with Crippen LogP contribution in [0.4, 0.5) is 0 Å². The molecule has 0 atom stereocenters. The van der Waals surface area contributed by atoms with Crippen molar-refractivity contribution in [3.05, 3.63) is 169 Å². The van der Waals surface area contributed by atoms with Crippen molar-refractivity contribution in [3.8, 4) is 33.4 Å². The average Bonchev–Trinajstić information content (AvgIpc) is 3.46. The average molecular weight is 625 g/mol. The molecule has 1 aliphatic rings. The van der Waals surface area contributed by atoms with Crippen molar-refractivity contribution in [2.24, 2.45) is 0 Å². The van der Waals surface area contributed by atoms with E-state index in [0.717, 1.165) is 12.8 Å². The molecule has 0 radical (unpaired) electrons. The van der Waals surface area contributed by atoms with Gasteiger partial charge in [0.2, 0.25) is 0 Å². The van der Waals surface area contributed by atoms with Crippen LogP contribution in [0.2, 0.25) is 0 Å². The molecule has 9 aromatic rings. The van der Waals surface area contributed by atoms with E-state index in [1.165, 1.54) is 98.4 Å². The second-order valence-corrected chi connectivity index (χ2v) is 13.8. The van der Waals surface area contributed by atoms with Gasteiger partial charge in [0, 0.05) is 5.41 Å². The fraction of sp³-hybridized carbons (Fsp3) is 0.102. The van der Waals surface area contributed by atoms with Gasteiger partial charge in [-0.25, -0.2) is 0 Å². The largest absolute Gasteiger partial charge is 0.0642 e. The lowest BCUT2D eigenvalue weighted by atomic mass is 9.72. The minimum absolute atomic E-state index is 0.112. The number of rotatable bonds is 4. The summed E-state index contributed by atoms with van der Waals surface area (Å²) in [4.78, 5) is 0. The molecule has 0 bridgehead atoms. The SMILES string of the molecule is CCC1(CC)c2cc(-c3cccc4ccccc34)c3ccccc3c2-c2c1cc(-c1cc3ccccc3c3ccccc13)c1ccccc21. The zero-order valence-corrected chi connectivity index (χ0v) is 27.9. The zero-order valence-electron chi connectivity index (χ0n) is 27.9. The van der Waals surface area contributed by atoms with E-state index in [1.54, 1.807) is 0 Å². The Morgan fingerprint density at radius 3 is 1.33 bits per heavy atom. The summed E-state index contributed by atoms with van der Waals surface area (Å²) < 4.78 is 0. The van der Waals surface area contributed by atoms with E-state index in [9.17, 15) is 0 Å². The van der Waals surface area contributed by atoms with Crippen molar-refractivity contribution in [1.29, 1.82) is 0 Å².